The van der Waals surface area contributed by atoms with Gasteiger partial charge in [-0.25, -0.2) is 4.39 Å². The van der Waals surface area contributed by atoms with Gasteiger partial charge in [0.1, 0.15) is 23.9 Å². The second kappa shape index (κ2) is 8.49. The molecule has 0 aliphatic carbocycles. The summed E-state index contributed by atoms with van der Waals surface area (Å²) in [6, 6.07) is 18.7. The van der Waals surface area contributed by atoms with Crippen LogP contribution in [-0.2, 0) is 6.54 Å². The Bertz CT molecular complexity index is 752. The Morgan fingerprint density at radius 2 is 1.80 bits per heavy atom. The van der Waals surface area contributed by atoms with Crippen LogP contribution < -0.4 is 10.1 Å². The number of quaternary nitrogens is 1. The molecule has 0 radical (unpaired) electrons. The largest absolute Gasteiger partial charge is 0.497 e. The van der Waals surface area contributed by atoms with Crippen LogP contribution in [0.3, 0.4) is 0 Å². The van der Waals surface area contributed by atoms with Gasteiger partial charge in [-0.15, -0.1) is 0 Å². The van der Waals surface area contributed by atoms with Crippen LogP contribution >= 0.6 is 0 Å². The first-order chi connectivity index (χ1) is 12.3. The van der Waals surface area contributed by atoms with Crippen LogP contribution in [0.25, 0.3) is 0 Å². The molecule has 0 aliphatic rings. The third kappa shape index (κ3) is 4.70. The number of methoxy groups -OCH3 is 1. The van der Waals surface area contributed by atoms with Crippen molar-refractivity contribution in [1.82, 2.24) is 0 Å². The number of ether oxygens (including phenoxy) is 1. The monoisotopic (exact) mass is 340 g/mol. The average Bonchev–Trinajstić information content (AvgIpc) is 3.18. The molecule has 0 bridgehead atoms. The highest BCUT2D eigenvalue weighted by Crippen LogP contribution is 2.27. The number of rotatable bonds is 8. The van der Waals surface area contributed by atoms with Crippen LogP contribution in [0.15, 0.2) is 71.3 Å². The molecule has 25 heavy (non-hydrogen) atoms. The molecule has 1 aromatic heterocycles. The van der Waals surface area contributed by atoms with E-state index in [1.54, 1.807) is 13.4 Å². The normalized spacial score (nSPS) is 12.1. The van der Waals surface area contributed by atoms with Crippen molar-refractivity contribution in [3.05, 3.63) is 89.6 Å². The van der Waals surface area contributed by atoms with Crippen molar-refractivity contribution in [3.63, 3.8) is 0 Å². The van der Waals surface area contributed by atoms with Crippen LogP contribution in [0.2, 0.25) is 0 Å². The summed E-state index contributed by atoms with van der Waals surface area (Å²) in [7, 11) is 1.67. The molecular formula is C21H23FNO2+. The highest BCUT2D eigenvalue weighted by atomic mass is 19.1. The standard InChI is InChI=1S/C21H22FNO2/c1-24-19-10-4-16(5-11-19)15-23-13-12-20(21-3-2-14-25-21)17-6-8-18(22)9-7-17/h2-11,14,20,23H,12-13,15H2,1H3/p+1/t20-/m1/s1. The second-order valence-electron chi connectivity index (χ2n) is 6.04. The van der Waals surface area contributed by atoms with Gasteiger partial charge < -0.3 is 14.5 Å². The van der Waals surface area contributed by atoms with Gasteiger partial charge in [-0.3, -0.25) is 0 Å². The molecule has 3 rings (SSSR count). The van der Waals surface area contributed by atoms with Gasteiger partial charge in [0.2, 0.25) is 0 Å². The molecule has 130 valence electrons. The summed E-state index contributed by atoms with van der Waals surface area (Å²) in [4.78, 5) is 0. The molecule has 0 fully saturated rings. The topological polar surface area (TPSA) is 39.0 Å². The third-order valence-electron chi connectivity index (χ3n) is 4.36. The molecule has 3 aromatic rings. The molecule has 4 heteroatoms. The van der Waals surface area contributed by atoms with Crippen molar-refractivity contribution < 1.29 is 18.9 Å². The maximum absolute atomic E-state index is 13.2. The molecule has 2 aromatic carbocycles. The summed E-state index contributed by atoms with van der Waals surface area (Å²) in [6.45, 7) is 1.87. The summed E-state index contributed by atoms with van der Waals surface area (Å²) >= 11 is 0. The van der Waals surface area contributed by atoms with E-state index in [-0.39, 0.29) is 11.7 Å². The quantitative estimate of drug-likeness (QED) is 0.635. The van der Waals surface area contributed by atoms with Crippen molar-refractivity contribution >= 4 is 0 Å². The minimum atomic E-state index is -0.215. The van der Waals surface area contributed by atoms with Crippen molar-refractivity contribution in [2.45, 2.75) is 18.9 Å². The van der Waals surface area contributed by atoms with E-state index < -0.39 is 0 Å². The Morgan fingerprint density at radius 3 is 2.44 bits per heavy atom. The first-order valence-corrected chi connectivity index (χ1v) is 8.49. The van der Waals surface area contributed by atoms with E-state index in [0.717, 1.165) is 36.6 Å². The summed E-state index contributed by atoms with van der Waals surface area (Å²) in [5, 5.41) is 2.28. The Labute approximate surface area is 147 Å². The van der Waals surface area contributed by atoms with Gasteiger partial charge in [0.25, 0.3) is 0 Å². The van der Waals surface area contributed by atoms with Gasteiger partial charge in [-0.2, -0.15) is 0 Å². The molecule has 0 saturated carbocycles. The molecular weight excluding hydrogens is 317 g/mol. The molecule has 0 aliphatic heterocycles. The maximum Gasteiger partial charge on any atom is 0.123 e. The fourth-order valence-electron chi connectivity index (χ4n) is 2.97. The predicted octanol–water partition coefficient (Wildman–Crippen LogP) is 3.71. The predicted molar refractivity (Wildman–Crippen MR) is 95.1 cm³/mol. The molecule has 0 amide bonds. The molecule has 2 N–H and O–H groups in total. The van der Waals surface area contributed by atoms with Crippen LogP contribution in [-0.4, -0.2) is 13.7 Å². The lowest BCUT2D eigenvalue weighted by molar-refractivity contribution is -0.671. The summed E-state index contributed by atoms with van der Waals surface area (Å²) in [5.74, 6) is 1.72. The minimum absolute atomic E-state index is 0.141. The fourth-order valence-corrected chi connectivity index (χ4v) is 2.97. The number of hydrogen-bond acceptors (Lipinski definition) is 2. The molecule has 1 atom stereocenters. The van der Waals surface area contributed by atoms with Gasteiger partial charge in [0.05, 0.1) is 19.9 Å². The van der Waals surface area contributed by atoms with E-state index in [1.807, 2.05) is 36.4 Å². The van der Waals surface area contributed by atoms with E-state index in [2.05, 4.69) is 17.4 Å². The number of benzene rings is 2. The highest BCUT2D eigenvalue weighted by Gasteiger charge is 2.17. The lowest BCUT2D eigenvalue weighted by Gasteiger charge is -2.14. The van der Waals surface area contributed by atoms with Crippen LogP contribution in [0, 0.1) is 5.82 Å². The highest BCUT2D eigenvalue weighted by molar-refractivity contribution is 5.28. The van der Waals surface area contributed by atoms with Gasteiger partial charge in [-0.05, 0) is 54.1 Å². The van der Waals surface area contributed by atoms with Gasteiger partial charge in [0, 0.05) is 17.9 Å². The lowest BCUT2D eigenvalue weighted by atomic mass is 9.93. The van der Waals surface area contributed by atoms with Crippen LogP contribution in [0.4, 0.5) is 4.39 Å². The Hall–Kier alpha value is -2.59. The Morgan fingerprint density at radius 1 is 1.04 bits per heavy atom. The van der Waals surface area contributed by atoms with E-state index in [0.29, 0.717) is 0 Å². The van der Waals surface area contributed by atoms with Crippen molar-refractivity contribution in [3.8, 4) is 5.75 Å². The summed E-state index contributed by atoms with van der Waals surface area (Å²) < 4.78 is 24.0. The van der Waals surface area contributed by atoms with E-state index >= 15 is 0 Å². The SMILES string of the molecule is COc1ccc(C[NH2+]CC[C@H](c2ccc(F)cc2)c2ccco2)cc1. The fraction of sp³-hybridized carbons (Fsp3) is 0.238. The van der Waals surface area contributed by atoms with E-state index in [4.69, 9.17) is 9.15 Å². The van der Waals surface area contributed by atoms with Crippen LogP contribution in [0.1, 0.15) is 29.2 Å². The molecule has 1 heterocycles. The van der Waals surface area contributed by atoms with Gasteiger partial charge >= 0.3 is 0 Å². The summed E-state index contributed by atoms with van der Waals surface area (Å²) in [6.07, 6.45) is 2.61. The van der Waals surface area contributed by atoms with Crippen molar-refractivity contribution in [1.29, 1.82) is 0 Å². The zero-order valence-corrected chi connectivity index (χ0v) is 14.3. The lowest BCUT2D eigenvalue weighted by Crippen LogP contribution is -2.82. The first-order valence-electron chi connectivity index (χ1n) is 8.49. The van der Waals surface area contributed by atoms with Gasteiger partial charge in [0.15, 0.2) is 0 Å². The third-order valence-corrected chi connectivity index (χ3v) is 4.36. The Kier molecular flexibility index (Phi) is 5.86. The second-order valence-corrected chi connectivity index (χ2v) is 6.04. The smallest absolute Gasteiger partial charge is 0.123 e. The molecule has 0 saturated heterocycles. The number of nitrogens with two attached hydrogens (primary N) is 1. The first kappa shape index (κ1) is 17.2. The Balaban J connectivity index is 1.58. The minimum Gasteiger partial charge on any atom is -0.497 e. The average molecular weight is 340 g/mol. The molecule has 0 unspecified atom stereocenters. The van der Waals surface area contributed by atoms with Crippen molar-refractivity contribution in [2.75, 3.05) is 13.7 Å². The van der Waals surface area contributed by atoms with Gasteiger partial charge in [-0.1, -0.05) is 12.1 Å². The molecule has 3 nitrogen and oxygen atoms in total. The molecule has 0 spiro atoms. The zero-order valence-electron chi connectivity index (χ0n) is 14.3. The number of halogens is 1. The van der Waals surface area contributed by atoms with E-state index in [1.165, 1.54) is 17.7 Å². The van der Waals surface area contributed by atoms with E-state index in [9.17, 15) is 4.39 Å². The maximum atomic E-state index is 13.2. The summed E-state index contributed by atoms with van der Waals surface area (Å²) in [5.41, 5.74) is 2.34. The van der Waals surface area contributed by atoms with Crippen LogP contribution in [0.5, 0.6) is 5.75 Å². The zero-order chi connectivity index (χ0) is 17.5. The van der Waals surface area contributed by atoms with Crippen molar-refractivity contribution in [2.24, 2.45) is 0 Å². The number of furan rings is 1. The number of hydrogen-bond donors (Lipinski definition) is 1.